The molecule has 0 radical (unpaired) electrons. The van der Waals surface area contributed by atoms with E-state index in [9.17, 15) is 9.59 Å². The average molecular weight is 382 g/mol. The van der Waals surface area contributed by atoms with Crippen LogP contribution < -0.4 is 0 Å². The minimum absolute atomic E-state index is 0.0153. The molecule has 1 aromatic carbocycles. The van der Waals surface area contributed by atoms with Crippen LogP contribution in [0.2, 0.25) is 0 Å². The molecule has 2 aliphatic rings. The van der Waals surface area contributed by atoms with Gasteiger partial charge in [0.25, 0.3) is 5.91 Å². The van der Waals surface area contributed by atoms with E-state index in [0.717, 1.165) is 17.0 Å². The molecular formula is C20H22N4O2S. The first-order valence-corrected chi connectivity index (χ1v) is 10.1. The van der Waals surface area contributed by atoms with Crippen molar-refractivity contribution >= 4 is 29.4 Å². The van der Waals surface area contributed by atoms with Gasteiger partial charge in [-0.3, -0.25) is 9.59 Å². The van der Waals surface area contributed by atoms with Crippen molar-refractivity contribution in [1.29, 1.82) is 0 Å². The lowest BCUT2D eigenvalue weighted by atomic mass is 9.94. The topological polar surface area (TPSA) is 65.9 Å². The van der Waals surface area contributed by atoms with Gasteiger partial charge in [-0.05, 0) is 25.3 Å². The zero-order valence-electron chi connectivity index (χ0n) is 15.2. The molecule has 1 atom stereocenters. The van der Waals surface area contributed by atoms with Gasteiger partial charge in [-0.15, -0.1) is 11.3 Å². The number of piperidine rings is 1. The number of hydrazone groups is 1. The Kier molecular flexibility index (Phi) is 5.03. The van der Waals surface area contributed by atoms with E-state index in [1.807, 2.05) is 48.4 Å². The maximum Gasteiger partial charge on any atom is 0.265 e. The van der Waals surface area contributed by atoms with Gasteiger partial charge < -0.3 is 4.90 Å². The fourth-order valence-corrected chi connectivity index (χ4v) is 4.46. The van der Waals surface area contributed by atoms with Crippen molar-refractivity contribution in [3.8, 4) is 0 Å². The van der Waals surface area contributed by atoms with E-state index < -0.39 is 0 Å². The molecule has 7 heteroatoms. The number of rotatable bonds is 3. The van der Waals surface area contributed by atoms with Crippen LogP contribution in [0.1, 0.15) is 45.5 Å². The number of nitrogens with zero attached hydrogens (tertiary/aromatic N) is 4. The fourth-order valence-electron chi connectivity index (χ4n) is 3.71. The summed E-state index contributed by atoms with van der Waals surface area (Å²) >= 11 is 1.42. The first-order valence-electron chi connectivity index (χ1n) is 9.25. The molecule has 2 aromatic rings. The quantitative estimate of drug-likeness (QED) is 0.818. The number of amides is 2. The fraction of sp³-hybridized carbons (Fsp3) is 0.400. The Hall–Kier alpha value is -2.54. The van der Waals surface area contributed by atoms with Crippen molar-refractivity contribution in [3.63, 3.8) is 0 Å². The average Bonchev–Trinajstić information content (AvgIpc) is 3.37. The number of aromatic nitrogens is 1. The van der Waals surface area contributed by atoms with Crippen LogP contribution in [0.15, 0.2) is 41.6 Å². The third-order valence-electron chi connectivity index (χ3n) is 5.20. The Morgan fingerprint density at radius 2 is 1.89 bits per heavy atom. The van der Waals surface area contributed by atoms with Crippen LogP contribution in [-0.2, 0) is 4.79 Å². The Morgan fingerprint density at radius 1 is 1.15 bits per heavy atom. The van der Waals surface area contributed by atoms with Crippen LogP contribution in [0.5, 0.6) is 0 Å². The molecule has 0 spiro atoms. The molecule has 1 unspecified atom stereocenters. The second kappa shape index (κ2) is 7.60. The lowest BCUT2D eigenvalue weighted by molar-refractivity contribution is -0.138. The molecule has 0 aliphatic carbocycles. The van der Waals surface area contributed by atoms with Crippen molar-refractivity contribution < 1.29 is 9.59 Å². The van der Waals surface area contributed by atoms with Crippen LogP contribution in [0.4, 0.5) is 0 Å². The van der Waals surface area contributed by atoms with E-state index in [0.29, 0.717) is 30.8 Å². The molecule has 6 nitrogen and oxygen atoms in total. The van der Waals surface area contributed by atoms with Crippen LogP contribution in [0.3, 0.4) is 0 Å². The zero-order chi connectivity index (χ0) is 18.8. The summed E-state index contributed by atoms with van der Waals surface area (Å²) < 4.78 is 0. The molecule has 0 saturated carbocycles. The molecule has 27 heavy (non-hydrogen) atoms. The number of hydrogen-bond acceptors (Lipinski definition) is 5. The maximum atomic E-state index is 13.0. The summed E-state index contributed by atoms with van der Waals surface area (Å²) in [5.41, 5.74) is 1.11. The van der Waals surface area contributed by atoms with Crippen LogP contribution >= 0.6 is 11.3 Å². The van der Waals surface area contributed by atoms with Crippen LogP contribution in [0, 0.1) is 12.8 Å². The molecule has 3 heterocycles. The minimum atomic E-state index is -0.0845. The molecule has 2 amide bonds. The number of hydrogen-bond donors (Lipinski definition) is 0. The van der Waals surface area contributed by atoms with Gasteiger partial charge in [-0.25, -0.2) is 9.99 Å². The minimum Gasteiger partial charge on any atom is -0.338 e. The first kappa shape index (κ1) is 17.9. The van der Waals surface area contributed by atoms with Gasteiger partial charge in [0.1, 0.15) is 4.88 Å². The molecule has 0 bridgehead atoms. The highest BCUT2D eigenvalue weighted by Gasteiger charge is 2.35. The largest absolute Gasteiger partial charge is 0.338 e. The van der Waals surface area contributed by atoms with Crippen molar-refractivity contribution in [3.05, 3.63) is 52.0 Å². The lowest BCUT2D eigenvalue weighted by Crippen LogP contribution is -2.43. The first-order chi connectivity index (χ1) is 13.1. The van der Waals surface area contributed by atoms with Gasteiger partial charge in [-0.1, -0.05) is 30.3 Å². The van der Waals surface area contributed by atoms with Gasteiger partial charge in [0.15, 0.2) is 0 Å². The van der Waals surface area contributed by atoms with E-state index >= 15 is 0 Å². The standard InChI is InChI=1S/C20H22N4O2S/c1-14-21-13-18(27-14)20(26)23-11-8-16(9-12-23)19(25)24-17(7-10-22-24)15-5-3-2-4-6-15/h2-6,10,13,16-17H,7-9,11-12H2,1H3. The summed E-state index contributed by atoms with van der Waals surface area (Å²) in [7, 11) is 0. The SMILES string of the molecule is Cc1ncc(C(=O)N2CCC(C(=O)N3N=CCC3c3ccccc3)CC2)s1. The summed E-state index contributed by atoms with van der Waals surface area (Å²) in [6.45, 7) is 3.09. The summed E-state index contributed by atoms with van der Waals surface area (Å²) in [6, 6.07) is 10.0. The van der Waals surface area contributed by atoms with E-state index in [4.69, 9.17) is 0 Å². The van der Waals surface area contributed by atoms with Gasteiger partial charge in [0.05, 0.1) is 17.2 Å². The Bertz CT molecular complexity index is 856. The highest BCUT2D eigenvalue weighted by atomic mass is 32.1. The van der Waals surface area contributed by atoms with Crippen molar-refractivity contribution in [1.82, 2.24) is 14.9 Å². The number of likely N-dealkylation sites (tertiary alicyclic amines) is 1. The van der Waals surface area contributed by atoms with Crippen LogP contribution in [-0.4, -0.2) is 46.0 Å². The Balaban J connectivity index is 1.38. The number of carbonyl (C=O) groups excluding carboxylic acids is 2. The van der Waals surface area contributed by atoms with Gasteiger partial charge in [0.2, 0.25) is 5.91 Å². The highest BCUT2D eigenvalue weighted by molar-refractivity contribution is 7.13. The second-order valence-corrected chi connectivity index (χ2v) is 8.19. The predicted molar refractivity (Wildman–Crippen MR) is 105 cm³/mol. The van der Waals surface area contributed by atoms with Crippen molar-refractivity contribution in [2.24, 2.45) is 11.0 Å². The Morgan fingerprint density at radius 3 is 2.56 bits per heavy atom. The second-order valence-electron chi connectivity index (χ2n) is 6.95. The number of aryl methyl sites for hydroxylation is 1. The third-order valence-corrected chi connectivity index (χ3v) is 6.10. The molecule has 140 valence electrons. The van der Waals surface area contributed by atoms with E-state index in [1.165, 1.54) is 11.3 Å². The van der Waals surface area contributed by atoms with Crippen LogP contribution in [0.25, 0.3) is 0 Å². The monoisotopic (exact) mass is 382 g/mol. The highest BCUT2D eigenvalue weighted by Crippen LogP contribution is 2.32. The van der Waals surface area contributed by atoms with E-state index in [2.05, 4.69) is 10.1 Å². The smallest absolute Gasteiger partial charge is 0.265 e. The molecule has 1 aromatic heterocycles. The molecule has 1 fully saturated rings. The van der Waals surface area contributed by atoms with Gasteiger partial charge in [-0.2, -0.15) is 5.10 Å². The number of carbonyl (C=O) groups is 2. The molecule has 1 saturated heterocycles. The van der Waals surface area contributed by atoms with Crippen molar-refractivity contribution in [2.45, 2.75) is 32.2 Å². The molecule has 2 aliphatic heterocycles. The lowest BCUT2D eigenvalue weighted by Gasteiger charge is -2.33. The number of thiazole rings is 1. The molecule has 4 rings (SSSR count). The predicted octanol–water partition coefficient (Wildman–Crippen LogP) is 3.26. The third kappa shape index (κ3) is 3.64. The molecule has 0 N–H and O–H groups in total. The summed E-state index contributed by atoms with van der Waals surface area (Å²) in [4.78, 5) is 32.3. The van der Waals surface area contributed by atoms with Crippen molar-refractivity contribution in [2.75, 3.05) is 13.1 Å². The summed E-state index contributed by atoms with van der Waals surface area (Å²) in [5, 5.41) is 6.88. The van der Waals surface area contributed by atoms with Gasteiger partial charge >= 0.3 is 0 Å². The summed E-state index contributed by atoms with van der Waals surface area (Å²) in [5.74, 6) is 0.00454. The zero-order valence-corrected chi connectivity index (χ0v) is 16.1. The number of benzene rings is 1. The van der Waals surface area contributed by atoms with Gasteiger partial charge in [0, 0.05) is 31.6 Å². The maximum absolute atomic E-state index is 13.0. The van der Waals surface area contributed by atoms with E-state index in [1.54, 1.807) is 11.2 Å². The summed E-state index contributed by atoms with van der Waals surface area (Å²) in [6.07, 6.45) is 5.56. The normalized spacial score (nSPS) is 20.3. The van der Waals surface area contributed by atoms with E-state index in [-0.39, 0.29) is 23.8 Å². The Labute approximate surface area is 162 Å². The molecular weight excluding hydrogens is 360 g/mol.